The molecule has 0 saturated carbocycles. The highest BCUT2D eigenvalue weighted by atomic mass is 32.2. The average molecular weight is 369 g/mol. The molecule has 9 heteroatoms. The molecule has 2 aromatic heterocycles. The second-order valence-electron chi connectivity index (χ2n) is 5.34. The van der Waals surface area contributed by atoms with Gasteiger partial charge in [0.1, 0.15) is 11.0 Å². The molecule has 0 N–H and O–H groups in total. The highest BCUT2D eigenvalue weighted by Crippen LogP contribution is 2.30. The Labute approximate surface area is 143 Å². The van der Waals surface area contributed by atoms with E-state index in [0.29, 0.717) is 11.4 Å². The molecule has 5 nitrogen and oxygen atoms in total. The van der Waals surface area contributed by atoms with Crippen LogP contribution in [-0.2, 0) is 23.7 Å². The first-order chi connectivity index (χ1) is 11.8. The van der Waals surface area contributed by atoms with Crippen LogP contribution < -0.4 is 5.56 Å². The molecule has 0 saturated heterocycles. The SMILES string of the molecule is CCS(=O)n1cccc1Cn1cnc2ccc(C(F)(F)F)cc2c1=O. The topological polar surface area (TPSA) is 56.9 Å². The van der Waals surface area contributed by atoms with Crippen molar-refractivity contribution in [3.8, 4) is 0 Å². The number of halogens is 3. The molecule has 0 bridgehead atoms. The van der Waals surface area contributed by atoms with Crippen molar-refractivity contribution in [2.45, 2.75) is 19.6 Å². The number of hydrogen-bond donors (Lipinski definition) is 0. The molecule has 25 heavy (non-hydrogen) atoms. The van der Waals surface area contributed by atoms with Crippen LogP contribution >= 0.6 is 0 Å². The van der Waals surface area contributed by atoms with E-state index in [1.54, 1.807) is 25.3 Å². The Morgan fingerprint density at radius 3 is 2.68 bits per heavy atom. The number of fused-ring (bicyclic) bond motifs is 1. The summed E-state index contributed by atoms with van der Waals surface area (Å²) < 4.78 is 53.3. The first kappa shape index (κ1) is 17.4. The van der Waals surface area contributed by atoms with Gasteiger partial charge in [0.15, 0.2) is 0 Å². The summed E-state index contributed by atoms with van der Waals surface area (Å²) in [6.07, 6.45) is -1.62. The van der Waals surface area contributed by atoms with Crippen molar-refractivity contribution >= 4 is 21.9 Å². The molecule has 1 atom stereocenters. The van der Waals surface area contributed by atoms with Gasteiger partial charge in [-0.2, -0.15) is 13.2 Å². The van der Waals surface area contributed by atoms with Crippen LogP contribution in [0.2, 0.25) is 0 Å². The van der Waals surface area contributed by atoms with E-state index in [1.807, 2.05) is 0 Å². The summed E-state index contributed by atoms with van der Waals surface area (Å²) in [4.78, 5) is 16.6. The van der Waals surface area contributed by atoms with Gasteiger partial charge in [0.2, 0.25) is 0 Å². The molecule has 3 aromatic rings. The summed E-state index contributed by atoms with van der Waals surface area (Å²) in [5.74, 6) is 0.404. The fourth-order valence-electron chi connectivity index (χ4n) is 2.48. The molecule has 0 spiro atoms. The van der Waals surface area contributed by atoms with Crippen LogP contribution in [0.5, 0.6) is 0 Å². The fourth-order valence-corrected chi connectivity index (χ4v) is 3.35. The molecule has 0 aliphatic rings. The third kappa shape index (κ3) is 3.37. The van der Waals surface area contributed by atoms with Gasteiger partial charge in [-0.25, -0.2) is 9.19 Å². The molecule has 0 aliphatic heterocycles. The molecule has 1 unspecified atom stereocenters. The minimum absolute atomic E-state index is 0.0662. The molecule has 2 heterocycles. The Hall–Kier alpha value is -2.42. The lowest BCUT2D eigenvalue weighted by molar-refractivity contribution is -0.137. The number of aromatic nitrogens is 3. The van der Waals surface area contributed by atoms with E-state index in [-0.39, 0.29) is 17.4 Å². The van der Waals surface area contributed by atoms with Crippen LogP contribution in [-0.4, -0.2) is 23.5 Å². The van der Waals surface area contributed by atoms with Crippen LogP contribution in [0.25, 0.3) is 10.9 Å². The van der Waals surface area contributed by atoms with E-state index in [9.17, 15) is 22.2 Å². The van der Waals surface area contributed by atoms with Gasteiger partial charge in [0, 0.05) is 11.9 Å². The summed E-state index contributed by atoms with van der Waals surface area (Å²) in [5, 5.41) is -0.105. The highest BCUT2D eigenvalue weighted by molar-refractivity contribution is 7.83. The van der Waals surface area contributed by atoms with Crippen molar-refractivity contribution < 1.29 is 17.4 Å². The van der Waals surface area contributed by atoms with Gasteiger partial charge in [-0.15, -0.1) is 0 Å². The number of alkyl halides is 3. The lowest BCUT2D eigenvalue weighted by Crippen LogP contribution is -2.23. The maximum absolute atomic E-state index is 12.9. The molecule has 0 fully saturated rings. The van der Waals surface area contributed by atoms with Gasteiger partial charge < -0.3 is 0 Å². The zero-order valence-electron chi connectivity index (χ0n) is 13.2. The normalized spacial score (nSPS) is 13.3. The number of rotatable bonds is 4. The van der Waals surface area contributed by atoms with Crippen LogP contribution in [0.15, 0.2) is 47.7 Å². The zero-order valence-corrected chi connectivity index (χ0v) is 14.0. The Balaban J connectivity index is 2.06. The lowest BCUT2D eigenvalue weighted by atomic mass is 10.1. The molecule has 0 radical (unpaired) electrons. The second kappa shape index (κ2) is 6.47. The van der Waals surface area contributed by atoms with Crippen molar-refractivity contribution in [1.29, 1.82) is 0 Å². The predicted molar refractivity (Wildman–Crippen MR) is 88.6 cm³/mol. The van der Waals surface area contributed by atoms with E-state index in [0.717, 1.165) is 12.1 Å². The number of hydrogen-bond acceptors (Lipinski definition) is 3. The highest BCUT2D eigenvalue weighted by Gasteiger charge is 2.30. The number of benzene rings is 1. The minimum atomic E-state index is -4.53. The summed E-state index contributed by atoms with van der Waals surface area (Å²) in [6, 6.07) is 6.29. The maximum Gasteiger partial charge on any atom is 0.416 e. The third-order valence-corrected chi connectivity index (χ3v) is 5.03. The van der Waals surface area contributed by atoms with Crippen LogP contribution in [0.3, 0.4) is 0 Å². The summed E-state index contributed by atoms with van der Waals surface area (Å²) >= 11 is 0. The first-order valence-corrected chi connectivity index (χ1v) is 8.70. The van der Waals surface area contributed by atoms with Crippen LogP contribution in [0.1, 0.15) is 18.2 Å². The van der Waals surface area contributed by atoms with Gasteiger partial charge in [-0.05, 0) is 30.3 Å². The summed E-state index contributed by atoms with van der Waals surface area (Å²) in [7, 11) is -1.26. The van der Waals surface area contributed by atoms with Crippen LogP contribution in [0.4, 0.5) is 13.2 Å². The summed E-state index contributed by atoms with van der Waals surface area (Å²) in [5.41, 5.74) is -0.671. The third-order valence-electron chi connectivity index (χ3n) is 3.74. The maximum atomic E-state index is 12.9. The largest absolute Gasteiger partial charge is 0.416 e. The van der Waals surface area contributed by atoms with E-state index >= 15 is 0 Å². The molecule has 132 valence electrons. The van der Waals surface area contributed by atoms with Crippen LogP contribution in [0, 0.1) is 0 Å². The molecule has 0 amide bonds. The molecular formula is C16H14F3N3O2S. The van der Waals surface area contributed by atoms with Crippen molar-refractivity contribution in [2.24, 2.45) is 0 Å². The van der Waals surface area contributed by atoms with E-state index < -0.39 is 28.3 Å². The van der Waals surface area contributed by atoms with Crippen molar-refractivity contribution in [1.82, 2.24) is 13.5 Å². The fraction of sp³-hybridized carbons (Fsp3) is 0.250. The average Bonchev–Trinajstić information content (AvgIpc) is 3.04. The smallest absolute Gasteiger partial charge is 0.293 e. The van der Waals surface area contributed by atoms with Gasteiger partial charge >= 0.3 is 6.18 Å². The van der Waals surface area contributed by atoms with E-state index in [1.165, 1.54) is 20.9 Å². The monoisotopic (exact) mass is 369 g/mol. The molecule has 3 rings (SSSR count). The Morgan fingerprint density at radius 1 is 1.24 bits per heavy atom. The molecular weight excluding hydrogens is 355 g/mol. The first-order valence-electron chi connectivity index (χ1n) is 7.42. The van der Waals surface area contributed by atoms with Gasteiger partial charge in [-0.3, -0.25) is 13.3 Å². The molecule has 0 aliphatic carbocycles. The quantitative estimate of drug-likeness (QED) is 0.711. The van der Waals surface area contributed by atoms with Crippen molar-refractivity contribution in [2.75, 3.05) is 5.75 Å². The lowest BCUT2D eigenvalue weighted by Gasteiger charge is -2.11. The zero-order chi connectivity index (χ0) is 18.2. The van der Waals surface area contributed by atoms with Gasteiger partial charge in [0.05, 0.1) is 35.0 Å². The van der Waals surface area contributed by atoms with E-state index in [4.69, 9.17) is 0 Å². The standard InChI is InChI=1S/C16H14F3N3O2S/c1-2-25(24)22-7-3-4-12(22)9-21-10-20-14-6-5-11(16(17,18)19)8-13(14)15(21)23/h3-8,10H,2,9H2,1H3. The predicted octanol–water partition coefficient (Wildman–Crippen LogP) is 2.80. The van der Waals surface area contributed by atoms with Gasteiger partial charge in [0.25, 0.3) is 5.56 Å². The Morgan fingerprint density at radius 2 is 2.00 bits per heavy atom. The Bertz CT molecular complexity index is 1010. The van der Waals surface area contributed by atoms with Crippen molar-refractivity contribution in [3.05, 3.63) is 64.5 Å². The summed E-state index contributed by atoms with van der Waals surface area (Å²) in [6.45, 7) is 1.83. The van der Waals surface area contributed by atoms with E-state index in [2.05, 4.69) is 4.98 Å². The number of nitrogens with zero attached hydrogens (tertiary/aromatic N) is 3. The van der Waals surface area contributed by atoms with Gasteiger partial charge in [-0.1, -0.05) is 6.92 Å². The molecule has 1 aromatic carbocycles. The van der Waals surface area contributed by atoms with Crippen molar-refractivity contribution in [3.63, 3.8) is 0 Å². The second-order valence-corrected chi connectivity index (χ2v) is 6.96. The minimum Gasteiger partial charge on any atom is -0.293 e. The Kier molecular flexibility index (Phi) is 4.51.